The minimum atomic E-state index is -0.186. The summed E-state index contributed by atoms with van der Waals surface area (Å²) in [5.41, 5.74) is 1.36. The fourth-order valence-corrected chi connectivity index (χ4v) is 3.46. The minimum absolute atomic E-state index is 0.0970. The number of nitrogens with zero attached hydrogens (tertiary/aromatic N) is 3. The summed E-state index contributed by atoms with van der Waals surface area (Å²) in [5, 5.41) is 12.0. The van der Waals surface area contributed by atoms with Crippen molar-refractivity contribution in [1.82, 2.24) is 15.2 Å². The van der Waals surface area contributed by atoms with Gasteiger partial charge in [-0.2, -0.15) is 5.26 Å². The van der Waals surface area contributed by atoms with E-state index in [4.69, 9.17) is 5.26 Å². The van der Waals surface area contributed by atoms with E-state index in [0.717, 1.165) is 13.1 Å². The van der Waals surface area contributed by atoms with Crippen molar-refractivity contribution in [1.29, 1.82) is 5.26 Å². The number of nitriles is 1. The standard InChI is InChI=1S/C19H28N4O/c1-13-8-14(2)11-23(10-13)19(4,5)12-21-18(24)17-7-6-16(9-20)15(3)22-17/h6-7,13-14H,8,10-12H2,1-5H3,(H,21,24). The Morgan fingerprint density at radius 3 is 2.54 bits per heavy atom. The molecule has 1 aliphatic rings. The van der Waals surface area contributed by atoms with Gasteiger partial charge in [-0.3, -0.25) is 9.69 Å². The summed E-state index contributed by atoms with van der Waals surface area (Å²) in [6, 6.07) is 5.33. The zero-order chi connectivity index (χ0) is 17.9. The van der Waals surface area contributed by atoms with Crippen LogP contribution in [0.1, 0.15) is 55.9 Å². The minimum Gasteiger partial charge on any atom is -0.349 e. The van der Waals surface area contributed by atoms with E-state index in [1.54, 1.807) is 19.1 Å². The lowest BCUT2D eigenvalue weighted by atomic mass is 9.88. The van der Waals surface area contributed by atoms with Gasteiger partial charge in [0.25, 0.3) is 5.91 Å². The third kappa shape index (κ3) is 4.33. The molecule has 0 bridgehead atoms. The van der Waals surface area contributed by atoms with Gasteiger partial charge in [0.15, 0.2) is 0 Å². The van der Waals surface area contributed by atoms with Gasteiger partial charge in [0.05, 0.1) is 11.3 Å². The normalized spacial score (nSPS) is 22.0. The molecule has 0 saturated carbocycles. The van der Waals surface area contributed by atoms with Crippen molar-refractivity contribution in [2.75, 3.05) is 19.6 Å². The van der Waals surface area contributed by atoms with E-state index in [-0.39, 0.29) is 11.4 Å². The van der Waals surface area contributed by atoms with Crippen molar-refractivity contribution < 1.29 is 4.79 Å². The average molecular weight is 328 g/mol. The molecule has 2 rings (SSSR count). The Hall–Kier alpha value is -1.93. The lowest BCUT2D eigenvalue weighted by Gasteiger charge is -2.45. The number of aryl methyl sites for hydroxylation is 1. The third-order valence-corrected chi connectivity index (χ3v) is 4.85. The summed E-state index contributed by atoms with van der Waals surface area (Å²) in [4.78, 5) is 19.1. The van der Waals surface area contributed by atoms with Crippen LogP contribution in [0.2, 0.25) is 0 Å². The van der Waals surface area contributed by atoms with E-state index in [0.29, 0.717) is 35.3 Å². The van der Waals surface area contributed by atoms with Crippen LogP contribution in [0.4, 0.5) is 0 Å². The van der Waals surface area contributed by atoms with Gasteiger partial charge in [0, 0.05) is 25.2 Å². The Morgan fingerprint density at radius 1 is 1.38 bits per heavy atom. The quantitative estimate of drug-likeness (QED) is 0.923. The lowest BCUT2D eigenvalue weighted by Crippen LogP contribution is -2.56. The van der Waals surface area contributed by atoms with E-state index in [1.807, 2.05) is 0 Å². The summed E-state index contributed by atoms with van der Waals surface area (Å²) in [6.07, 6.45) is 1.27. The molecule has 130 valence electrons. The Labute approximate surface area is 145 Å². The number of hydrogen-bond acceptors (Lipinski definition) is 4. The number of nitrogens with one attached hydrogen (secondary N) is 1. The number of carbonyl (C=O) groups is 1. The van der Waals surface area contributed by atoms with E-state index in [9.17, 15) is 4.79 Å². The Morgan fingerprint density at radius 2 is 2.00 bits per heavy atom. The first kappa shape index (κ1) is 18.4. The Kier molecular flexibility index (Phi) is 5.61. The van der Waals surface area contributed by atoms with E-state index >= 15 is 0 Å². The highest BCUT2D eigenvalue weighted by Crippen LogP contribution is 2.26. The summed E-state index contributed by atoms with van der Waals surface area (Å²) in [6.45, 7) is 13.4. The van der Waals surface area contributed by atoms with Crippen LogP contribution in [0.5, 0.6) is 0 Å². The molecule has 2 atom stereocenters. The van der Waals surface area contributed by atoms with E-state index < -0.39 is 0 Å². The first-order valence-corrected chi connectivity index (χ1v) is 8.64. The maximum atomic E-state index is 12.4. The molecule has 1 amide bonds. The van der Waals surface area contributed by atoms with Gasteiger partial charge in [0.1, 0.15) is 11.8 Å². The highest BCUT2D eigenvalue weighted by Gasteiger charge is 2.33. The van der Waals surface area contributed by atoms with Crippen LogP contribution in [0, 0.1) is 30.1 Å². The average Bonchev–Trinajstić information content (AvgIpc) is 2.51. The predicted octanol–water partition coefficient (Wildman–Crippen LogP) is 2.75. The van der Waals surface area contributed by atoms with Crippen LogP contribution in [0.25, 0.3) is 0 Å². The van der Waals surface area contributed by atoms with Crippen LogP contribution in [0.15, 0.2) is 12.1 Å². The molecule has 5 heteroatoms. The van der Waals surface area contributed by atoms with Crippen LogP contribution in [0.3, 0.4) is 0 Å². The summed E-state index contributed by atoms with van der Waals surface area (Å²) in [7, 11) is 0. The van der Waals surface area contributed by atoms with Gasteiger partial charge >= 0.3 is 0 Å². The van der Waals surface area contributed by atoms with Crippen LogP contribution in [-0.4, -0.2) is 41.0 Å². The van der Waals surface area contributed by atoms with Gasteiger partial charge in [0.2, 0.25) is 0 Å². The van der Waals surface area contributed by atoms with E-state index in [2.05, 4.69) is 49.0 Å². The number of pyridine rings is 1. The monoisotopic (exact) mass is 328 g/mol. The number of hydrogen-bond donors (Lipinski definition) is 1. The van der Waals surface area contributed by atoms with E-state index in [1.165, 1.54) is 6.42 Å². The van der Waals surface area contributed by atoms with Crippen molar-refractivity contribution in [3.05, 3.63) is 29.1 Å². The molecule has 2 unspecified atom stereocenters. The second-order valence-corrected chi connectivity index (χ2v) is 7.79. The molecular formula is C19H28N4O. The molecule has 24 heavy (non-hydrogen) atoms. The smallest absolute Gasteiger partial charge is 0.269 e. The predicted molar refractivity (Wildman–Crippen MR) is 94.6 cm³/mol. The van der Waals surface area contributed by atoms with Crippen molar-refractivity contribution in [3.8, 4) is 6.07 Å². The van der Waals surface area contributed by atoms with Gasteiger partial charge in [-0.05, 0) is 51.2 Å². The van der Waals surface area contributed by atoms with Crippen LogP contribution < -0.4 is 5.32 Å². The number of aromatic nitrogens is 1. The fourth-order valence-electron chi connectivity index (χ4n) is 3.46. The second-order valence-electron chi connectivity index (χ2n) is 7.79. The first-order chi connectivity index (χ1) is 11.2. The molecule has 1 aliphatic heterocycles. The molecular weight excluding hydrogens is 300 g/mol. The number of rotatable bonds is 4. The number of amides is 1. The first-order valence-electron chi connectivity index (χ1n) is 8.64. The molecule has 1 fully saturated rings. The number of piperidine rings is 1. The second kappa shape index (κ2) is 7.31. The molecule has 1 aromatic heterocycles. The van der Waals surface area contributed by atoms with Gasteiger partial charge in [-0.25, -0.2) is 4.98 Å². The highest BCUT2D eigenvalue weighted by molar-refractivity contribution is 5.92. The Balaban J connectivity index is 1.99. The van der Waals surface area contributed by atoms with Gasteiger partial charge in [-0.15, -0.1) is 0 Å². The molecule has 0 spiro atoms. The lowest BCUT2D eigenvalue weighted by molar-refractivity contribution is 0.0444. The molecule has 1 N–H and O–H groups in total. The highest BCUT2D eigenvalue weighted by atomic mass is 16.1. The molecule has 1 aromatic rings. The van der Waals surface area contributed by atoms with Crippen molar-refractivity contribution in [2.24, 2.45) is 11.8 Å². The zero-order valence-electron chi connectivity index (χ0n) is 15.4. The third-order valence-electron chi connectivity index (χ3n) is 4.85. The fraction of sp³-hybridized carbons (Fsp3) is 0.632. The molecule has 0 radical (unpaired) electrons. The summed E-state index contributed by atoms with van der Waals surface area (Å²) < 4.78 is 0. The van der Waals surface area contributed by atoms with Gasteiger partial charge < -0.3 is 5.32 Å². The van der Waals surface area contributed by atoms with Crippen molar-refractivity contribution >= 4 is 5.91 Å². The van der Waals surface area contributed by atoms with Gasteiger partial charge in [-0.1, -0.05) is 13.8 Å². The molecule has 1 saturated heterocycles. The number of likely N-dealkylation sites (tertiary alicyclic amines) is 1. The zero-order valence-corrected chi connectivity index (χ0v) is 15.4. The molecule has 0 aromatic carbocycles. The van der Waals surface area contributed by atoms with Crippen molar-refractivity contribution in [3.63, 3.8) is 0 Å². The molecule has 5 nitrogen and oxygen atoms in total. The number of carbonyl (C=O) groups excluding carboxylic acids is 1. The molecule has 0 aliphatic carbocycles. The van der Waals surface area contributed by atoms with Crippen LogP contribution in [-0.2, 0) is 0 Å². The van der Waals surface area contributed by atoms with Crippen molar-refractivity contribution in [2.45, 2.75) is 46.6 Å². The maximum absolute atomic E-state index is 12.4. The summed E-state index contributed by atoms with van der Waals surface area (Å²) in [5.74, 6) is 1.19. The topological polar surface area (TPSA) is 69.0 Å². The SMILES string of the molecule is Cc1nc(C(=O)NCC(C)(C)N2CC(C)CC(C)C2)ccc1C#N. The summed E-state index contributed by atoms with van der Waals surface area (Å²) >= 11 is 0. The maximum Gasteiger partial charge on any atom is 0.269 e. The largest absolute Gasteiger partial charge is 0.349 e. The Bertz CT molecular complexity index is 637. The van der Waals surface area contributed by atoms with Crippen LogP contribution >= 0.6 is 0 Å². The molecule has 2 heterocycles.